The Bertz CT molecular complexity index is 752. The van der Waals surface area contributed by atoms with Crippen LogP contribution in [-0.4, -0.2) is 19.6 Å². The van der Waals surface area contributed by atoms with E-state index in [1.165, 1.54) is 13.2 Å². The van der Waals surface area contributed by atoms with Gasteiger partial charge in [-0.3, -0.25) is 4.79 Å². The molecule has 0 aliphatic carbocycles. The lowest BCUT2D eigenvalue weighted by Crippen LogP contribution is -2.36. The highest BCUT2D eigenvalue weighted by Gasteiger charge is 2.23. The van der Waals surface area contributed by atoms with Crippen molar-refractivity contribution in [2.45, 2.75) is 19.3 Å². The average Bonchev–Trinajstić information content (AvgIpc) is 2.55. The molecule has 0 saturated carbocycles. The third kappa shape index (κ3) is 3.46. The van der Waals surface area contributed by atoms with E-state index >= 15 is 0 Å². The van der Waals surface area contributed by atoms with Crippen molar-refractivity contribution < 1.29 is 13.9 Å². The Morgan fingerprint density at radius 1 is 1.33 bits per heavy atom. The summed E-state index contributed by atoms with van der Waals surface area (Å²) in [6.45, 7) is 0.661. The van der Waals surface area contributed by atoms with Crippen LogP contribution in [0.15, 0.2) is 36.4 Å². The second-order valence-corrected chi connectivity index (χ2v) is 5.64. The number of nitrogens with two attached hydrogens (primary N) is 1. The molecule has 24 heavy (non-hydrogen) atoms. The molecule has 0 bridgehead atoms. The predicted octanol–water partition coefficient (Wildman–Crippen LogP) is 3.36. The van der Waals surface area contributed by atoms with Gasteiger partial charge < -0.3 is 15.4 Å². The lowest BCUT2D eigenvalue weighted by atomic mass is 9.99. The van der Waals surface area contributed by atoms with Crippen LogP contribution < -0.4 is 15.4 Å². The molecule has 0 spiro atoms. The number of amides is 1. The molecule has 1 heterocycles. The minimum atomic E-state index is -0.457. The first-order valence-corrected chi connectivity index (χ1v) is 7.60. The van der Waals surface area contributed by atoms with Crippen molar-refractivity contribution in [3.8, 4) is 5.75 Å². The Balaban J connectivity index is 0.00000208. The van der Waals surface area contributed by atoms with E-state index in [0.717, 1.165) is 29.8 Å². The molecular formula is C18H20ClFN2O2. The van der Waals surface area contributed by atoms with Gasteiger partial charge in [0, 0.05) is 17.9 Å². The van der Waals surface area contributed by atoms with E-state index in [9.17, 15) is 9.18 Å². The maximum Gasteiger partial charge on any atom is 0.231 e. The van der Waals surface area contributed by atoms with Crippen molar-refractivity contribution >= 4 is 29.7 Å². The van der Waals surface area contributed by atoms with E-state index in [0.29, 0.717) is 12.1 Å². The summed E-state index contributed by atoms with van der Waals surface area (Å²) in [4.78, 5) is 14.4. The van der Waals surface area contributed by atoms with Crippen LogP contribution in [0.1, 0.15) is 17.5 Å². The highest BCUT2D eigenvalue weighted by atomic mass is 35.5. The van der Waals surface area contributed by atoms with Gasteiger partial charge in [-0.25, -0.2) is 4.39 Å². The molecule has 1 aliphatic rings. The topological polar surface area (TPSA) is 55.6 Å². The maximum atomic E-state index is 13.8. The summed E-state index contributed by atoms with van der Waals surface area (Å²) >= 11 is 0. The van der Waals surface area contributed by atoms with Crippen LogP contribution >= 0.6 is 12.4 Å². The van der Waals surface area contributed by atoms with E-state index < -0.39 is 5.82 Å². The zero-order chi connectivity index (χ0) is 16.4. The van der Waals surface area contributed by atoms with Gasteiger partial charge in [-0.15, -0.1) is 12.4 Å². The molecule has 1 aliphatic heterocycles. The standard InChI is InChI=1S/C18H19FN2O2.ClH/c1-23-17-8-7-12(10-14(17)19)11-18(22)21-9-3-4-13-15(20)5-2-6-16(13)21;/h2,5-8,10H,3-4,9,11,20H2,1H3;1H. The molecule has 4 nitrogen and oxygen atoms in total. The first-order chi connectivity index (χ1) is 11.1. The largest absolute Gasteiger partial charge is 0.494 e. The molecule has 0 saturated heterocycles. The SMILES string of the molecule is COc1ccc(CC(=O)N2CCCc3c(N)cccc32)cc1F.Cl. The number of rotatable bonds is 3. The summed E-state index contributed by atoms with van der Waals surface area (Å²) in [7, 11) is 1.41. The predicted molar refractivity (Wildman–Crippen MR) is 95.4 cm³/mol. The van der Waals surface area contributed by atoms with Gasteiger partial charge in [0.1, 0.15) is 0 Å². The van der Waals surface area contributed by atoms with Crippen molar-refractivity contribution in [2.75, 3.05) is 24.3 Å². The number of nitrogens with zero attached hydrogens (tertiary/aromatic N) is 1. The summed E-state index contributed by atoms with van der Waals surface area (Å²) in [6.07, 6.45) is 1.90. The Kier molecular flexibility index (Phi) is 5.67. The number of anilines is 2. The van der Waals surface area contributed by atoms with E-state index in [2.05, 4.69) is 0 Å². The fourth-order valence-electron chi connectivity index (χ4n) is 3.00. The van der Waals surface area contributed by atoms with E-state index in [-0.39, 0.29) is 30.5 Å². The molecule has 0 atom stereocenters. The molecule has 0 unspecified atom stereocenters. The molecule has 0 radical (unpaired) electrons. The number of fused-ring (bicyclic) bond motifs is 1. The average molecular weight is 351 g/mol. The minimum absolute atomic E-state index is 0. The van der Waals surface area contributed by atoms with Crippen molar-refractivity contribution in [1.29, 1.82) is 0 Å². The summed E-state index contributed by atoms with van der Waals surface area (Å²) in [5.41, 5.74) is 9.25. The molecule has 2 aromatic carbocycles. The smallest absolute Gasteiger partial charge is 0.231 e. The first-order valence-electron chi connectivity index (χ1n) is 7.60. The van der Waals surface area contributed by atoms with Gasteiger partial charge in [0.25, 0.3) is 0 Å². The monoisotopic (exact) mass is 350 g/mol. The van der Waals surface area contributed by atoms with Gasteiger partial charge in [-0.1, -0.05) is 12.1 Å². The number of nitrogen functional groups attached to an aromatic ring is 1. The molecule has 128 valence electrons. The molecule has 0 aromatic heterocycles. The van der Waals surface area contributed by atoms with Crippen molar-refractivity contribution in [1.82, 2.24) is 0 Å². The molecule has 3 rings (SSSR count). The number of benzene rings is 2. The fraction of sp³-hybridized carbons (Fsp3) is 0.278. The molecular weight excluding hydrogens is 331 g/mol. The van der Waals surface area contributed by atoms with Gasteiger partial charge >= 0.3 is 0 Å². The van der Waals surface area contributed by atoms with Crippen molar-refractivity contribution in [3.05, 3.63) is 53.3 Å². The lowest BCUT2D eigenvalue weighted by Gasteiger charge is -2.30. The second-order valence-electron chi connectivity index (χ2n) is 5.64. The Morgan fingerprint density at radius 2 is 2.12 bits per heavy atom. The number of carbonyl (C=O) groups is 1. The quantitative estimate of drug-likeness (QED) is 0.863. The van der Waals surface area contributed by atoms with Crippen LogP contribution in [0.2, 0.25) is 0 Å². The highest BCUT2D eigenvalue weighted by Crippen LogP contribution is 2.31. The Morgan fingerprint density at radius 3 is 2.83 bits per heavy atom. The van der Waals surface area contributed by atoms with E-state index in [4.69, 9.17) is 10.5 Å². The molecule has 0 fully saturated rings. The maximum absolute atomic E-state index is 13.8. The van der Waals surface area contributed by atoms with Gasteiger partial charge in [-0.2, -0.15) is 0 Å². The van der Waals surface area contributed by atoms with Gasteiger partial charge in [0.15, 0.2) is 11.6 Å². The van der Waals surface area contributed by atoms with Crippen LogP contribution in [0.3, 0.4) is 0 Å². The summed E-state index contributed by atoms with van der Waals surface area (Å²) < 4.78 is 18.7. The summed E-state index contributed by atoms with van der Waals surface area (Å²) in [5, 5.41) is 0. The third-order valence-electron chi connectivity index (χ3n) is 4.16. The van der Waals surface area contributed by atoms with E-state index in [1.54, 1.807) is 17.0 Å². The fourth-order valence-corrected chi connectivity index (χ4v) is 3.00. The van der Waals surface area contributed by atoms with Crippen LogP contribution in [0.25, 0.3) is 0 Å². The number of ether oxygens (including phenoxy) is 1. The zero-order valence-electron chi connectivity index (χ0n) is 13.4. The number of carbonyl (C=O) groups excluding carboxylic acids is 1. The number of hydrogen-bond donors (Lipinski definition) is 1. The molecule has 2 N–H and O–H groups in total. The van der Waals surface area contributed by atoms with Crippen LogP contribution in [0.4, 0.5) is 15.8 Å². The van der Waals surface area contributed by atoms with Gasteiger partial charge in [0.05, 0.1) is 13.5 Å². The molecule has 1 amide bonds. The van der Waals surface area contributed by atoms with Crippen LogP contribution in [0.5, 0.6) is 5.75 Å². The first kappa shape index (κ1) is 18.1. The number of hydrogen-bond acceptors (Lipinski definition) is 3. The Labute approximate surface area is 146 Å². The Hall–Kier alpha value is -2.27. The van der Waals surface area contributed by atoms with Gasteiger partial charge in [0.2, 0.25) is 5.91 Å². The van der Waals surface area contributed by atoms with Gasteiger partial charge in [-0.05, 0) is 48.2 Å². The number of methoxy groups -OCH3 is 1. The van der Waals surface area contributed by atoms with Crippen molar-refractivity contribution in [3.63, 3.8) is 0 Å². The van der Waals surface area contributed by atoms with E-state index in [1.807, 2.05) is 18.2 Å². The van der Waals surface area contributed by atoms with Crippen LogP contribution in [0, 0.1) is 5.82 Å². The summed E-state index contributed by atoms with van der Waals surface area (Å²) in [5.74, 6) is -0.334. The highest BCUT2D eigenvalue weighted by molar-refractivity contribution is 5.96. The lowest BCUT2D eigenvalue weighted by molar-refractivity contribution is -0.118. The molecule has 6 heteroatoms. The second kappa shape index (κ2) is 7.53. The number of halogens is 2. The van der Waals surface area contributed by atoms with Crippen LogP contribution in [-0.2, 0) is 17.6 Å². The van der Waals surface area contributed by atoms with Crippen molar-refractivity contribution in [2.24, 2.45) is 0 Å². The molecule has 2 aromatic rings. The normalized spacial score (nSPS) is 13.0. The minimum Gasteiger partial charge on any atom is -0.494 e. The zero-order valence-corrected chi connectivity index (χ0v) is 14.2. The third-order valence-corrected chi connectivity index (χ3v) is 4.16. The summed E-state index contributed by atoms with van der Waals surface area (Å²) in [6, 6.07) is 10.2.